The first-order valence-electron chi connectivity index (χ1n) is 10.5. The number of amides is 1. The van der Waals surface area contributed by atoms with Gasteiger partial charge in [0.2, 0.25) is 11.5 Å². The fraction of sp³-hybridized carbons (Fsp3) is 0.409. The summed E-state index contributed by atoms with van der Waals surface area (Å²) >= 11 is 0. The van der Waals surface area contributed by atoms with Crippen LogP contribution in [0, 0.1) is 5.92 Å². The van der Waals surface area contributed by atoms with E-state index in [0.717, 1.165) is 0 Å². The maximum Gasteiger partial charge on any atom is 0.262 e. The second-order valence-corrected chi connectivity index (χ2v) is 8.36. The van der Waals surface area contributed by atoms with Crippen LogP contribution in [0.2, 0.25) is 0 Å². The lowest BCUT2D eigenvalue weighted by atomic mass is 9.98. The molecule has 160 valence electrons. The van der Waals surface area contributed by atoms with Crippen LogP contribution >= 0.6 is 0 Å². The van der Waals surface area contributed by atoms with Gasteiger partial charge in [-0.2, -0.15) is 0 Å². The number of hydrogen-bond acceptors (Lipinski definition) is 8. The molecule has 9 nitrogen and oxygen atoms in total. The normalized spacial score (nSPS) is 22.0. The van der Waals surface area contributed by atoms with Crippen molar-refractivity contribution in [2.75, 3.05) is 18.9 Å². The molecule has 1 aliphatic carbocycles. The third kappa shape index (κ3) is 3.65. The Hall–Kier alpha value is -3.33. The van der Waals surface area contributed by atoms with E-state index in [1.54, 1.807) is 25.4 Å². The number of rotatable bonds is 6. The monoisotopic (exact) mass is 420 g/mol. The number of nitrogens with one attached hydrogen (secondary N) is 1. The number of hydrogen-bond donors (Lipinski definition) is 2. The van der Waals surface area contributed by atoms with E-state index >= 15 is 0 Å². The molecule has 0 radical (unpaired) electrons. The number of aliphatic hydroxyl groups is 1. The summed E-state index contributed by atoms with van der Waals surface area (Å²) in [4.78, 5) is 27.4. The lowest BCUT2D eigenvalue weighted by Crippen LogP contribution is -2.35. The Morgan fingerprint density at radius 1 is 1.19 bits per heavy atom. The number of likely N-dealkylation sites (N-methyl/N-ethyl adjacent to an activating group) is 1. The highest BCUT2D eigenvalue weighted by Gasteiger charge is 2.48. The van der Waals surface area contributed by atoms with Crippen molar-refractivity contribution in [3.63, 3.8) is 0 Å². The topological polar surface area (TPSA) is 117 Å². The lowest BCUT2D eigenvalue weighted by Gasteiger charge is -2.16. The first kappa shape index (κ1) is 19.6. The molecule has 1 aliphatic heterocycles. The Morgan fingerprint density at radius 2 is 1.94 bits per heavy atom. The van der Waals surface area contributed by atoms with Gasteiger partial charge in [0.1, 0.15) is 5.69 Å². The molecule has 1 saturated carbocycles. The summed E-state index contributed by atoms with van der Waals surface area (Å²) in [6.07, 6.45) is 4.47. The van der Waals surface area contributed by atoms with Gasteiger partial charge in [-0.25, -0.2) is 15.0 Å². The highest BCUT2D eigenvalue weighted by Crippen LogP contribution is 2.35. The number of pyridine rings is 1. The van der Waals surface area contributed by atoms with E-state index in [0.29, 0.717) is 47.2 Å². The maximum absolute atomic E-state index is 12.3. The summed E-state index contributed by atoms with van der Waals surface area (Å²) in [6.45, 7) is 2.61. The molecule has 0 aromatic carbocycles. The Morgan fingerprint density at radius 3 is 2.65 bits per heavy atom. The van der Waals surface area contributed by atoms with Gasteiger partial charge in [0.25, 0.3) is 5.91 Å². The van der Waals surface area contributed by atoms with Gasteiger partial charge in [-0.1, -0.05) is 11.2 Å². The number of likely N-dealkylation sites (tertiary alicyclic amines) is 1. The van der Waals surface area contributed by atoms with Crippen LogP contribution in [-0.2, 0) is 10.4 Å². The fourth-order valence-electron chi connectivity index (χ4n) is 3.88. The zero-order valence-corrected chi connectivity index (χ0v) is 17.4. The number of aromatic nitrogens is 4. The van der Waals surface area contributed by atoms with Gasteiger partial charge in [0.05, 0.1) is 17.1 Å². The second-order valence-electron chi connectivity index (χ2n) is 8.36. The van der Waals surface area contributed by atoms with Gasteiger partial charge in [0.15, 0.2) is 5.76 Å². The SMILES string of the molecule is C[C@H](Nc1nccc(-c2cccc(-c3cc([C@]4(O)CCN(C)C4=O)on3)n2)n1)C1CC1. The lowest BCUT2D eigenvalue weighted by molar-refractivity contribution is -0.144. The van der Waals surface area contributed by atoms with Crippen LogP contribution in [0.15, 0.2) is 41.1 Å². The van der Waals surface area contributed by atoms with Crippen molar-refractivity contribution >= 4 is 11.9 Å². The predicted octanol–water partition coefficient (Wildman–Crippen LogP) is 2.45. The van der Waals surface area contributed by atoms with E-state index < -0.39 is 11.5 Å². The van der Waals surface area contributed by atoms with Crippen LogP contribution in [0.4, 0.5) is 5.95 Å². The summed E-state index contributed by atoms with van der Waals surface area (Å²) < 4.78 is 5.34. The average molecular weight is 420 g/mol. The van der Waals surface area contributed by atoms with Crippen molar-refractivity contribution in [3.8, 4) is 22.8 Å². The van der Waals surface area contributed by atoms with E-state index in [-0.39, 0.29) is 12.2 Å². The molecule has 3 aromatic heterocycles. The van der Waals surface area contributed by atoms with Crippen molar-refractivity contribution in [1.82, 2.24) is 25.0 Å². The van der Waals surface area contributed by atoms with E-state index in [1.807, 2.05) is 18.2 Å². The number of anilines is 1. The molecule has 4 heterocycles. The van der Waals surface area contributed by atoms with Crippen LogP contribution in [0.3, 0.4) is 0 Å². The molecular weight excluding hydrogens is 396 g/mol. The predicted molar refractivity (Wildman–Crippen MR) is 113 cm³/mol. The quantitative estimate of drug-likeness (QED) is 0.624. The summed E-state index contributed by atoms with van der Waals surface area (Å²) in [5.41, 5.74) is 0.694. The molecule has 2 N–H and O–H groups in total. The number of carbonyl (C=O) groups excluding carboxylic acids is 1. The third-order valence-corrected chi connectivity index (χ3v) is 6.04. The smallest absolute Gasteiger partial charge is 0.262 e. The highest BCUT2D eigenvalue weighted by atomic mass is 16.5. The standard InChI is InChI=1S/C22H24N6O3/c1-13(14-6-7-14)24-21-23-10-8-17(26-21)15-4-3-5-16(25-15)18-12-19(31-27-18)22(30)9-11-28(2)20(22)29/h3-5,8,10,12-14,30H,6-7,9,11H2,1-2H3,(H,23,24,26)/t13-,22+/m0/s1. The first-order valence-corrected chi connectivity index (χ1v) is 10.5. The summed E-state index contributed by atoms with van der Waals surface area (Å²) in [5.74, 6) is 1.01. The molecule has 2 atom stereocenters. The Kier molecular flexibility index (Phi) is 4.70. The summed E-state index contributed by atoms with van der Waals surface area (Å²) in [5, 5.41) is 18.2. The van der Waals surface area contributed by atoms with Crippen LogP contribution < -0.4 is 5.32 Å². The summed E-state index contributed by atoms with van der Waals surface area (Å²) in [7, 11) is 1.65. The van der Waals surface area contributed by atoms with Gasteiger partial charge in [-0.3, -0.25) is 4.79 Å². The second kappa shape index (κ2) is 7.42. The molecule has 2 aliphatic rings. The van der Waals surface area contributed by atoms with Crippen molar-refractivity contribution < 1.29 is 14.4 Å². The Balaban J connectivity index is 1.40. The van der Waals surface area contributed by atoms with Crippen LogP contribution in [-0.4, -0.2) is 55.7 Å². The minimum atomic E-state index is -1.68. The number of carbonyl (C=O) groups is 1. The molecule has 0 bridgehead atoms. The Labute approximate surface area is 179 Å². The average Bonchev–Trinajstić information content (AvgIpc) is 3.46. The van der Waals surface area contributed by atoms with Crippen molar-refractivity contribution in [2.24, 2.45) is 5.92 Å². The molecule has 2 fully saturated rings. The van der Waals surface area contributed by atoms with Crippen molar-refractivity contribution in [2.45, 2.75) is 37.8 Å². The van der Waals surface area contributed by atoms with Gasteiger partial charge in [0, 0.05) is 38.3 Å². The Bertz CT molecular complexity index is 1130. The largest absolute Gasteiger partial charge is 0.373 e. The zero-order valence-electron chi connectivity index (χ0n) is 17.4. The van der Waals surface area contributed by atoms with Gasteiger partial charge in [-0.15, -0.1) is 0 Å². The number of nitrogens with zero attached hydrogens (tertiary/aromatic N) is 5. The zero-order chi connectivity index (χ0) is 21.6. The van der Waals surface area contributed by atoms with E-state index in [2.05, 4.69) is 32.3 Å². The van der Waals surface area contributed by atoms with Crippen molar-refractivity contribution in [3.05, 3.63) is 42.3 Å². The molecule has 0 unspecified atom stereocenters. The van der Waals surface area contributed by atoms with E-state index in [4.69, 9.17) is 4.52 Å². The molecule has 9 heteroatoms. The van der Waals surface area contributed by atoms with Gasteiger partial charge >= 0.3 is 0 Å². The van der Waals surface area contributed by atoms with Crippen LogP contribution in [0.5, 0.6) is 0 Å². The molecule has 1 saturated heterocycles. The molecule has 1 amide bonds. The summed E-state index contributed by atoms with van der Waals surface area (Å²) in [6, 6.07) is 9.25. The van der Waals surface area contributed by atoms with Gasteiger partial charge in [-0.05, 0) is 43.9 Å². The van der Waals surface area contributed by atoms with Crippen molar-refractivity contribution in [1.29, 1.82) is 0 Å². The third-order valence-electron chi connectivity index (χ3n) is 6.04. The van der Waals surface area contributed by atoms with E-state index in [1.165, 1.54) is 17.7 Å². The highest BCUT2D eigenvalue weighted by molar-refractivity contribution is 5.87. The fourth-order valence-corrected chi connectivity index (χ4v) is 3.88. The molecule has 5 rings (SSSR count). The molecular formula is C22H24N6O3. The van der Waals surface area contributed by atoms with Gasteiger partial charge < -0.3 is 19.8 Å². The van der Waals surface area contributed by atoms with E-state index in [9.17, 15) is 9.90 Å². The van der Waals surface area contributed by atoms with Crippen LogP contribution in [0.1, 0.15) is 31.9 Å². The first-order chi connectivity index (χ1) is 14.9. The minimum absolute atomic E-state index is 0.131. The maximum atomic E-state index is 12.3. The molecule has 31 heavy (non-hydrogen) atoms. The van der Waals surface area contributed by atoms with Crippen LogP contribution in [0.25, 0.3) is 22.8 Å². The molecule has 0 spiro atoms. The molecule has 3 aromatic rings. The minimum Gasteiger partial charge on any atom is -0.373 e.